The average molecular weight is 241 g/mol. The van der Waals surface area contributed by atoms with Crippen molar-refractivity contribution in [3.63, 3.8) is 0 Å². The molecule has 4 nitrogen and oxygen atoms in total. The largest absolute Gasteiger partial charge is 0.481 e. The highest BCUT2D eigenvalue weighted by atomic mass is 16.7. The lowest BCUT2D eigenvalue weighted by Crippen LogP contribution is -2.01. The summed E-state index contributed by atoms with van der Waals surface area (Å²) >= 11 is 0. The van der Waals surface area contributed by atoms with Gasteiger partial charge in [0.05, 0.1) is 11.3 Å². The Morgan fingerprint density at radius 1 is 1.56 bits per heavy atom. The van der Waals surface area contributed by atoms with Gasteiger partial charge in [-0.15, -0.1) is 6.42 Å². The Kier molecular flexibility index (Phi) is 3.44. The van der Waals surface area contributed by atoms with Gasteiger partial charge in [-0.3, -0.25) is 0 Å². The van der Waals surface area contributed by atoms with Crippen molar-refractivity contribution >= 4 is 17.8 Å². The Morgan fingerprint density at radius 2 is 2.39 bits per heavy atom. The van der Waals surface area contributed by atoms with E-state index in [-0.39, 0.29) is 6.61 Å². The van der Waals surface area contributed by atoms with Gasteiger partial charge in [0.15, 0.2) is 0 Å². The van der Waals surface area contributed by atoms with Crippen LogP contribution < -0.4 is 4.74 Å². The van der Waals surface area contributed by atoms with Crippen LogP contribution >= 0.6 is 0 Å². The maximum Gasteiger partial charge on any atom is 0.367 e. The van der Waals surface area contributed by atoms with E-state index in [0.29, 0.717) is 17.0 Å². The molecule has 0 unspecified atom stereocenters. The fourth-order valence-corrected chi connectivity index (χ4v) is 1.51. The number of oxime groups is 1. The predicted molar refractivity (Wildman–Crippen MR) is 67.9 cm³/mol. The zero-order valence-electron chi connectivity index (χ0n) is 9.84. The number of carbonyl (C=O) groups excluding carboxylic acids is 1. The number of hydrogen-bond donors (Lipinski definition) is 0. The van der Waals surface area contributed by atoms with Gasteiger partial charge in [0.25, 0.3) is 0 Å². The minimum Gasteiger partial charge on any atom is -0.481 e. The van der Waals surface area contributed by atoms with Crippen LogP contribution in [0.2, 0.25) is 0 Å². The molecular weight excluding hydrogens is 230 g/mol. The number of nitrogens with zero attached hydrogens (tertiary/aromatic N) is 1. The summed E-state index contributed by atoms with van der Waals surface area (Å²) in [5.41, 5.74) is 1.84. The van der Waals surface area contributed by atoms with Crippen molar-refractivity contribution in [2.45, 2.75) is 6.92 Å². The van der Waals surface area contributed by atoms with E-state index in [9.17, 15) is 4.79 Å². The molecule has 0 N–H and O–H groups in total. The number of hydrogen-bond acceptors (Lipinski definition) is 4. The normalized spacial score (nSPS) is 16.1. The number of terminal acetylenes is 1. The Morgan fingerprint density at radius 3 is 3.06 bits per heavy atom. The molecule has 1 aliphatic rings. The molecule has 0 bridgehead atoms. The Balaban J connectivity index is 2.24. The van der Waals surface area contributed by atoms with E-state index in [1.807, 2.05) is 12.1 Å². The van der Waals surface area contributed by atoms with Crippen LogP contribution in [0.25, 0.3) is 6.08 Å². The molecule has 18 heavy (non-hydrogen) atoms. The van der Waals surface area contributed by atoms with Gasteiger partial charge in [0.2, 0.25) is 0 Å². The molecule has 0 aromatic heterocycles. The van der Waals surface area contributed by atoms with Crippen LogP contribution in [0, 0.1) is 12.3 Å². The summed E-state index contributed by atoms with van der Waals surface area (Å²) in [5, 5.41) is 3.61. The Bertz CT molecular complexity index is 579. The second kappa shape index (κ2) is 5.19. The van der Waals surface area contributed by atoms with Gasteiger partial charge in [-0.05, 0) is 30.7 Å². The van der Waals surface area contributed by atoms with Crippen LogP contribution in [0.1, 0.15) is 12.5 Å². The molecule has 1 heterocycles. The minimum atomic E-state index is -0.442. The number of ether oxygens (including phenoxy) is 1. The predicted octanol–water partition coefficient (Wildman–Crippen LogP) is 2.01. The molecule has 0 saturated heterocycles. The second-order valence-electron chi connectivity index (χ2n) is 3.68. The molecule has 0 amide bonds. The molecule has 0 fully saturated rings. The minimum absolute atomic E-state index is 0.211. The monoisotopic (exact) mass is 241 g/mol. The first kappa shape index (κ1) is 11.9. The van der Waals surface area contributed by atoms with Crippen molar-refractivity contribution in [1.29, 1.82) is 0 Å². The smallest absolute Gasteiger partial charge is 0.367 e. The summed E-state index contributed by atoms with van der Waals surface area (Å²) in [6.45, 7) is 1.93. The molecule has 2 rings (SSSR count). The molecule has 0 atom stereocenters. The van der Waals surface area contributed by atoms with Crippen molar-refractivity contribution in [3.8, 4) is 18.1 Å². The SMILES string of the molecule is C#CCOc1cccc(/C=C2\C(=O)ON=C2C)c1. The fraction of sp³-hybridized carbons (Fsp3) is 0.143. The Labute approximate surface area is 105 Å². The summed E-state index contributed by atoms with van der Waals surface area (Å²) in [4.78, 5) is 16.0. The highest BCUT2D eigenvalue weighted by Gasteiger charge is 2.21. The van der Waals surface area contributed by atoms with E-state index in [4.69, 9.17) is 11.2 Å². The standard InChI is InChI=1S/C14H11NO3/c1-3-7-17-12-6-4-5-11(8-12)9-13-10(2)15-18-14(13)16/h1,4-6,8-9H,7H2,2H3/b13-9-. The lowest BCUT2D eigenvalue weighted by molar-refractivity contribution is -0.136. The van der Waals surface area contributed by atoms with Gasteiger partial charge in [-0.2, -0.15) is 0 Å². The molecule has 4 heteroatoms. The first-order chi connectivity index (χ1) is 8.70. The van der Waals surface area contributed by atoms with Crippen molar-refractivity contribution in [2.75, 3.05) is 6.61 Å². The zero-order valence-corrected chi connectivity index (χ0v) is 9.84. The fourth-order valence-electron chi connectivity index (χ4n) is 1.51. The second-order valence-corrected chi connectivity index (χ2v) is 3.68. The summed E-state index contributed by atoms with van der Waals surface area (Å²) in [6, 6.07) is 7.27. The topological polar surface area (TPSA) is 47.9 Å². The van der Waals surface area contributed by atoms with Crippen LogP contribution in [0.5, 0.6) is 5.75 Å². The lowest BCUT2D eigenvalue weighted by Gasteiger charge is -2.03. The molecule has 0 spiro atoms. The average Bonchev–Trinajstić information content (AvgIpc) is 2.69. The molecule has 0 saturated carbocycles. The van der Waals surface area contributed by atoms with Gasteiger partial charge in [-0.1, -0.05) is 23.2 Å². The van der Waals surface area contributed by atoms with E-state index >= 15 is 0 Å². The molecule has 1 aliphatic heterocycles. The van der Waals surface area contributed by atoms with Gasteiger partial charge >= 0.3 is 5.97 Å². The Hall–Kier alpha value is -2.54. The summed E-state index contributed by atoms with van der Waals surface area (Å²) < 4.78 is 5.30. The van der Waals surface area contributed by atoms with Gasteiger partial charge in [0, 0.05) is 0 Å². The molecule has 1 aromatic rings. The van der Waals surface area contributed by atoms with E-state index in [2.05, 4.69) is 15.9 Å². The maximum atomic E-state index is 11.4. The molecule has 0 radical (unpaired) electrons. The van der Waals surface area contributed by atoms with Crippen molar-refractivity contribution in [1.82, 2.24) is 0 Å². The van der Waals surface area contributed by atoms with Crippen LogP contribution in [0.4, 0.5) is 0 Å². The first-order valence-corrected chi connectivity index (χ1v) is 5.35. The quantitative estimate of drug-likeness (QED) is 0.462. The lowest BCUT2D eigenvalue weighted by atomic mass is 10.1. The third kappa shape index (κ3) is 2.58. The summed E-state index contributed by atoms with van der Waals surface area (Å²) in [6.07, 6.45) is 6.82. The highest BCUT2D eigenvalue weighted by molar-refractivity contribution is 6.24. The molecule has 1 aromatic carbocycles. The molecule has 90 valence electrons. The van der Waals surface area contributed by atoms with E-state index in [0.717, 1.165) is 5.56 Å². The van der Waals surface area contributed by atoms with E-state index in [1.54, 1.807) is 25.1 Å². The van der Waals surface area contributed by atoms with Crippen LogP contribution in [-0.2, 0) is 9.63 Å². The molecule has 0 aliphatic carbocycles. The van der Waals surface area contributed by atoms with E-state index < -0.39 is 5.97 Å². The molecular formula is C14H11NO3. The number of carbonyl (C=O) groups is 1. The highest BCUT2D eigenvalue weighted by Crippen LogP contribution is 2.19. The maximum absolute atomic E-state index is 11.4. The summed E-state index contributed by atoms with van der Waals surface area (Å²) in [5.74, 6) is 2.61. The summed E-state index contributed by atoms with van der Waals surface area (Å²) in [7, 11) is 0. The third-order valence-electron chi connectivity index (χ3n) is 2.37. The number of rotatable bonds is 3. The third-order valence-corrected chi connectivity index (χ3v) is 2.37. The number of benzene rings is 1. The van der Waals surface area contributed by atoms with E-state index in [1.165, 1.54) is 0 Å². The van der Waals surface area contributed by atoms with Gasteiger partial charge in [0.1, 0.15) is 12.4 Å². The van der Waals surface area contributed by atoms with Crippen LogP contribution in [0.3, 0.4) is 0 Å². The van der Waals surface area contributed by atoms with Crippen LogP contribution in [0.15, 0.2) is 35.0 Å². The van der Waals surface area contributed by atoms with Gasteiger partial charge < -0.3 is 9.57 Å². The van der Waals surface area contributed by atoms with Crippen molar-refractivity contribution < 1.29 is 14.4 Å². The van der Waals surface area contributed by atoms with Crippen molar-refractivity contribution in [2.24, 2.45) is 5.16 Å². The van der Waals surface area contributed by atoms with Crippen molar-refractivity contribution in [3.05, 3.63) is 35.4 Å². The first-order valence-electron chi connectivity index (χ1n) is 5.35. The zero-order chi connectivity index (χ0) is 13.0. The van der Waals surface area contributed by atoms with Gasteiger partial charge in [-0.25, -0.2) is 4.79 Å². The van der Waals surface area contributed by atoms with Crippen LogP contribution in [-0.4, -0.2) is 18.3 Å².